The minimum Gasteiger partial charge on any atom is -0.507 e. The van der Waals surface area contributed by atoms with Gasteiger partial charge in [0.2, 0.25) is 0 Å². The standard InChI is InChI=1S/C15H9Cl2N3O2/c16-8-4-5-10(17)9(6-8)15(22)20-14-13-11(18-7-19-14)2-1-3-12(13)21/h1-7,21H,(H,18,19,20,22). The van der Waals surface area contributed by atoms with E-state index in [1.54, 1.807) is 18.2 Å². The van der Waals surface area contributed by atoms with Gasteiger partial charge in [-0.05, 0) is 30.3 Å². The van der Waals surface area contributed by atoms with E-state index in [1.165, 1.54) is 24.5 Å². The van der Waals surface area contributed by atoms with E-state index >= 15 is 0 Å². The van der Waals surface area contributed by atoms with E-state index in [4.69, 9.17) is 23.2 Å². The predicted molar refractivity (Wildman–Crippen MR) is 85.6 cm³/mol. The van der Waals surface area contributed by atoms with E-state index in [0.717, 1.165) is 0 Å². The molecule has 22 heavy (non-hydrogen) atoms. The van der Waals surface area contributed by atoms with E-state index in [0.29, 0.717) is 15.9 Å². The lowest BCUT2D eigenvalue weighted by atomic mass is 10.2. The third-order valence-corrected chi connectivity index (χ3v) is 3.61. The number of aromatic hydroxyl groups is 1. The van der Waals surface area contributed by atoms with Crippen molar-refractivity contribution in [2.24, 2.45) is 0 Å². The van der Waals surface area contributed by atoms with Gasteiger partial charge in [0.05, 0.1) is 21.5 Å². The van der Waals surface area contributed by atoms with Crippen LogP contribution in [0.25, 0.3) is 10.9 Å². The van der Waals surface area contributed by atoms with Crippen molar-refractivity contribution in [2.45, 2.75) is 0 Å². The van der Waals surface area contributed by atoms with Crippen LogP contribution in [0.3, 0.4) is 0 Å². The maximum atomic E-state index is 12.3. The molecule has 5 nitrogen and oxygen atoms in total. The minimum atomic E-state index is -0.476. The van der Waals surface area contributed by atoms with Crippen molar-refractivity contribution in [1.82, 2.24) is 9.97 Å². The smallest absolute Gasteiger partial charge is 0.258 e. The highest BCUT2D eigenvalue weighted by Crippen LogP contribution is 2.29. The maximum Gasteiger partial charge on any atom is 0.258 e. The number of fused-ring (bicyclic) bond motifs is 1. The number of carbonyl (C=O) groups is 1. The predicted octanol–water partition coefficient (Wildman–Crippen LogP) is 3.89. The number of phenols is 1. The lowest BCUT2D eigenvalue weighted by molar-refractivity contribution is 0.102. The lowest BCUT2D eigenvalue weighted by Gasteiger charge is -2.09. The highest BCUT2D eigenvalue weighted by atomic mass is 35.5. The number of benzene rings is 2. The van der Waals surface area contributed by atoms with Crippen LogP contribution < -0.4 is 5.32 Å². The van der Waals surface area contributed by atoms with Gasteiger partial charge in [0.1, 0.15) is 17.9 Å². The van der Waals surface area contributed by atoms with Gasteiger partial charge in [-0.2, -0.15) is 0 Å². The Bertz CT molecular complexity index is 879. The highest BCUT2D eigenvalue weighted by Gasteiger charge is 2.15. The number of anilines is 1. The van der Waals surface area contributed by atoms with Crippen molar-refractivity contribution in [3.05, 3.63) is 58.3 Å². The van der Waals surface area contributed by atoms with Gasteiger partial charge in [-0.25, -0.2) is 9.97 Å². The molecule has 3 rings (SSSR count). The molecule has 0 saturated heterocycles. The molecule has 2 N–H and O–H groups in total. The molecule has 3 aromatic rings. The van der Waals surface area contributed by atoms with E-state index < -0.39 is 5.91 Å². The van der Waals surface area contributed by atoms with Crippen LogP contribution in [0.2, 0.25) is 10.0 Å². The molecule has 1 aromatic heterocycles. The number of carbonyl (C=O) groups excluding carboxylic acids is 1. The lowest BCUT2D eigenvalue weighted by Crippen LogP contribution is -2.14. The van der Waals surface area contributed by atoms with E-state index in [1.807, 2.05) is 0 Å². The van der Waals surface area contributed by atoms with Gasteiger partial charge in [0, 0.05) is 5.02 Å². The number of nitrogens with one attached hydrogen (secondary N) is 1. The van der Waals surface area contributed by atoms with Gasteiger partial charge in [-0.1, -0.05) is 29.3 Å². The van der Waals surface area contributed by atoms with Gasteiger partial charge in [-0.15, -0.1) is 0 Å². The molecule has 1 heterocycles. The zero-order chi connectivity index (χ0) is 15.7. The van der Waals surface area contributed by atoms with Crippen LogP contribution in [0.1, 0.15) is 10.4 Å². The third-order valence-electron chi connectivity index (χ3n) is 3.05. The fourth-order valence-electron chi connectivity index (χ4n) is 2.03. The number of hydrogen-bond acceptors (Lipinski definition) is 4. The van der Waals surface area contributed by atoms with Gasteiger partial charge in [0.25, 0.3) is 5.91 Å². The summed E-state index contributed by atoms with van der Waals surface area (Å²) in [4.78, 5) is 20.4. The first kappa shape index (κ1) is 14.6. The molecule has 0 aliphatic heterocycles. The average molecular weight is 334 g/mol. The first-order valence-electron chi connectivity index (χ1n) is 6.25. The quantitative estimate of drug-likeness (QED) is 0.745. The van der Waals surface area contributed by atoms with Crippen molar-refractivity contribution >= 4 is 45.8 Å². The summed E-state index contributed by atoms with van der Waals surface area (Å²) in [6.45, 7) is 0. The SMILES string of the molecule is O=C(Nc1ncnc2cccc(O)c12)c1cc(Cl)ccc1Cl. The van der Waals surface area contributed by atoms with Crippen molar-refractivity contribution < 1.29 is 9.90 Å². The maximum absolute atomic E-state index is 12.3. The Kier molecular flexibility index (Phi) is 3.83. The summed E-state index contributed by atoms with van der Waals surface area (Å²) in [6.07, 6.45) is 1.30. The minimum absolute atomic E-state index is 0.0226. The first-order valence-corrected chi connectivity index (χ1v) is 7.01. The summed E-state index contributed by atoms with van der Waals surface area (Å²) in [5.41, 5.74) is 0.735. The van der Waals surface area contributed by atoms with Gasteiger partial charge >= 0.3 is 0 Å². The summed E-state index contributed by atoms with van der Waals surface area (Å²) >= 11 is 11.9. The molecule has 0 aliphatic rings. The Morgan fingerprint density at radius 2 is 1.95 bits per heavy atom. The van der Waals surface area contributed by atoms with E-state index in [2.05, 4.69) is 15.3 Å². The van der Waals surface area contributed by atoms with Gasteiger partial charge in [0.15, 0.2) is 0 Å². The molecule has 7 heteroatoms. The zero-order valence-corrected chi connectivity index (χ0v) is 12.6. The molecule has 0 bridgehead atoms. The normalized spacial score (nSPS) is 10.6. The monoisotopic (exact) mass is 333 g/mol. The van der Waals surface area contributed by atoms with Crippen LogP contribution in [0, 0.1) is 0 Å². The Balaban J connectivity index is 2.03. The van der Waals surface area contributed by atoms with Crippen molar-refractivity contribution in [2.75, 3.05) is 5.32 Å². The molecule has 110 valence electrons. The van der Waals surface area contributed by atoms with Crippen LogP contribution in [0.15, 0.2) is 42.7 Å². The number of aromatic nitrogens is 2. The van der Waals surface area contributed by atoms with E-state index in [9.17, 15) is 9.90 Å². The fraction of sp³-hybridized carbons (Fsp3) is 0. The van der Waals surface area contributed by atoms with Crippen LogP contribution in [0.5, 0.6) is 5.75 Å². The molecular weight excluding hydrogens is 325 g/mol. The zero-order valence-electron chi connectivity index (χ0n) is 11.0. The second-order valence-electron chi connectivity index (χ2n) is 4.47. The molecule has 1 amide bonds. The largest absolute Gasteiger partial charge is 0.507 e. The topological polar surface area (TPSA) is 75.1 Å². The highest BCUT2D eigenvalue weighted by molar-refractivity contribution is 6.36. The first-order chi connectivity index (χ1) is 10.6. The summed E-state index contributed by atoms with van der Waals surface area (Å²) in [5, 5.41) is 13.6. The second-order valence-corrected chi connectivity index (χ2v) is 5.32. The number of rotatable bonds is 2. The molecule has 0 radical (unpaired) electrons. The molecule has 2 aromatic carbocycles. The fourth-order valence-corrected chi connectivity index (χ4v) is 2.41. The Morgan fingerprint density at radius 3 is 2.77 bits per heavy atom. The number of phenolic OH excluding ortho intramolecular Hbond substituents is 1. The number of amides is 1. The molecular formula is C15H9Cl2N3O2. The Hall–Kier alpha value is -2.37. The summed E-state index contributed by atoms with van der Waals surface area (Å²) in [5.74, 6) is -0.300. The Morgan fingerprint density at radius 1 is 1.14 bits per heavy atom. The van der Waals surface area contributed by atoms with Gasteiger partial charge in [-0.3, -0.25) is 4.79 Å². The molecule has 0 atom stereocenters. The number of hydrogen-bond donors (Lipinski definition) is 2. The average Bonchev–Trinajstić information content (AvgIpc) is 2.50. The summed E-state index contributed by atoms with van der Waals surface area (Å²) in [7, 11) is 0. The molecule has 0 aliphatic carbocycles. The van der Waals surface area contributed by atoms with Crippen molar-refractivity contribution in [3.63, 3.8) is 0 Å². The van der Waals surface area contributed by atoms with Crippen molar-refractivity contribution in [3.8, 4) is 5.75 Å². The summed E-state index contributed by atoms with van der Waals surface area (Å²) < 4.78 is 0. The van der Waals surface area contributed by atoms with Gasteiger partial charge < -0.3 is 10.4 Å². The molecule has 0 spiro atoms. The van der Waals surface area contributed by atoms with E-state index in [-0.39, 0.29) is 22.2 Å². The van der Waals surface area contributed by atoms with Crippen molar-refractivity contribution in [1.29, 1.82) is 0 Å². The number of halogens is 2. The molecule has 0 fully saturated rings. The second kappa shape index (κ2) is 5.79. The number of nitrogens with zero attached hydrogens (tertiary/aromatic N) is 2. The van der Waals surface area contributed by atoms with Crippen LogP contribution >= 0.6 is 23.2 Å². The third kappa shape index (κ3) is 2.68. The summed E-state index contributed by atoms with van der Waals surface area (Å²) in [6, 6.07) is 9.44. The molecule has 0 saturated carbocycles. The van der Waals surface area contributed by atoms with Crippen LogP contribution in [0.4, 0.5) is 5.82 Å². The van der Waals surface area contributed by atoms with Crippen LogP contribution in [-0.2, 0) is 0 Å². The van der Waals surface area contributed by atoms with Crippen LogP contribution in [-0.4, -0.2) is 21.0 Å². The molecule has 0 unspecified atom stereocenters. The Labute approximate surface area is 135 Å².